The summed E-state index contributed by atoms with van der Waals surface area (Å²) < 4.78 is 7.13. The Balaban J connectivity index is 2.00. The molecule has 0 aliphatic rings. The van der Waals surface area contributed by atoms with E-state index in [0.717, 1.165) is 23.5 Å². The first kappa shape index (κ1) is 18.6. The molecule has 0 fully saturated rings. The summed E-state index contributed by atoms with van der Waals surface area (Å²) >= 11 is 0. The molecule has 0 aliphatic heterocycles. The van der Waals surface area contributed by atoms with E-state index in [-0.39, 0.29) is 6.04 Å². The van der Waals surface area contributed by atoms with Crippen LogP contribution in [0.3, 0.4) is 0 Å². The molecule has 0 amide bonds. The monoisotopic (exact) mass is 331 g/mol. The third-order valence-electron chi connectivity index (χ3n) is 4.46. The van der Waals surface area contributed by atoms with Crippen LogP contribution in [0.4, 0.5) is 0 Å². The summed E-state index contributed by atoms with van der Waals surface area (Å²) in [6.45, 7) is 10.2. The fourth-order valence-corrected chi connectivity index (χ4v) is 3.03. The maximum atomic E-state index is 10.4. The number of hydrogen-bond donors (Lipinski definition) is 2. The van der Waals surface area contributed by atoms with E-state index in [4.69, 9.17) is 4.74 Å². The van der Waals surface area contributed by atoms with Crippen molar-refractivity contribution in [3.63, 3.8) is 0 Å². The average molecular weight is 331 g/mol. The minimum Gasteiger partial charge on any atom is -0.387 e. The SMILES string of the molecule is COCCn1nc(C)c(C(C)NCC(O)c2ccc(C)cc2)c1C. The second-order valence-electron chi connectivity index (χ2n) is 6.36. The van der Waals surface area contributed by atoms with Crippen molar-refractivity contribution >= 4 is 0 Å². The van der Waals surface area contributed by atoms with Gasteiger partial charge in [-0.2, -0.15) is 5.10 Å². The number of methoxy groups -OCH3 is 1. The van der Waals surface area contributed by atoms with Crippen molar-refractivity contribution < 1.29 is 9.84 Å². The quantitative estimate of drug-likeness (QED) is 0.781. The van der Waals surface area contributed by atoms with Gasteiger partial charge in [-0.3, -0.25) is 4.68 Å². The van der Waals surface area contributed by atoms with Crippen molar-refractivity contribution in [3.8, 4) is 0 Å². The van der Waals surface area contributed by atoms with Gasteiger partial charge in [0.25, 0.3) is 0 Å². The van der Waals surface area contributed by atoms with Gasteiger partial charge in [0.1, 0.15) is 0 Å². The molecule has 2 atom stereocenters. The molecule has 0 saturated heterocycles. The fraction of sp³-hybridized carbons (Fsp3) is 0.526. The molecule has 2 unspecified atom stereocenters. The Bertz CT molecular complexity index is 649. The Kier molecular flexibility index (Phi) is 6.54. The van der Waals surface area contributed by atoms with Gasteiger partial charge < -0.3 is 15.2 Å². The largest absolute Gasteiger partial charge is 0.387 e. The molecular weight excluding hydrogens is 302 g/mol. The number of nitrogens with one attached hydrogen (secondary N) is 1. The Hall–Kier alpha value is -1.69. The first-order valence-electron chi connectivity index (χ1n) is 8.45. The molecule has 2 rings (SSSR count). The molecule has 132 valence electrons. The maximum Gasteiger partial charge on any atom is 0.0914 e. The van der Waals surface area contributed by atoms with Gasteiger partial charge in [-0.05, 0) is 33.3 Å². The zero-order valence-electron chi connectivity index (χ0n) is 15.3. The molecule has 2 N–H and O–H groups in total. The second-order valence-corrected chi connectivity index (χ2v) is 6.36. The zero-order valence-corrected chi connectivity index (χ0v) is 15.3. The average Bonchev–Trinajstić information content (AvgIpc) is 2.85. The van der Waals surface area contributed by atoms with Crippen molar-refractivity contribution in [2.45, 2.75) is 46.4 Å². The van der Waals surface area contributed by atoms with Crippen LogP contribution in [0.5, 0.6) is 0 Å². The van der Waals surface area contributed by atoms with E-state index >= 15 is 0 Å². The van der Waals surface area contributed by atoms with Crippen LogP contribution in [-0.4, -0.2) is 35.1 Å². The summed E-state index contributed by atoms with van der Waals surface area (Å²) in [5.74, 6) is 0. The molecule has 5 nitrogen and oxygen atoms in total. The van der Waals surface area contributed by atoms with Gasteiger partial charge in [-0.1, -0.05) is 29.8 Å². The Labute approximate surface area is 144 Å². The molecule has 1 heterocycles. The summed E-state index contributed by atoms with van der Waals surface area (Å²) in [6.07, 6.45) is -0.516. The number of hydrogen-bond acceptors (Lipinski definition) is 4. The third kappa shape index (κ3) is 4.44. The smallest absolute Gasteiger partial charge is 0.0914 e. The van der Waals surface area contributed by atoms with Crippen molar-refractivity contribution in [2.75, 3.05) is 20.3 Å². The van der Waals surface area contributed by atoms with Crippen LogP contribution in [0.2, 0.25) is 0 Å². The molecule has 0 saturated carbocycles. The lowest BCUT2D eigenvalue weighted by molar-refractivity contribution is 0.170. The lowest BCUT2D eigenvalue weighted by atomic mass is 10.0. The van der Waals surface area contributed by atoms with E-state index in [1.807, 2.05) is 42.8 Å². The molecule has 0 aliphatic carbocycles. The molecule has 5 heteroatoms. The predicted octanol–water partition coefficient (Wildman–Crippen LogP) is 2.84. The Morgan fingerprint density at radius 3 is 2.50 bits per heavy atom. The van der Waals surface area contributed by atoms with Crippen LogP contribution in [-0.2, 0) is 11.3 Å². The lowest BCUT2D eigenvalue weighted by Crippen LogP contribution is -2.25. The highest BCUT2D eigenvalue weighted by molar-refractivity contribution is 5.28. The van der Waals surface area contributed by atoms with E-state index in [2.05, 4.69) is 24.3 Å². The van der Waals surface area contributed by atoms with Gasteiger partial charge in [-0.15, -0.1) is 0 Å². The van der Waals surface area contributed by atoms with Gasteiger partial charge in [0.2, 0.25) is 0 Å². The third-order valence-corrected chi connectivity index (χ3v) is 4.46. The number of aliphatic hydroxyl groups excluding tert-OH is 1. The number of nitrogens with zero attached hydrogens (tertiary/aromatic N) is 2. The topological polar surface area (TPSA) is 59.3 Å². The molecule has 0 radical (unpaired) electrons. The fourth-order valence-electron chi connectivity index (χ4n) is 3.03. The van der Waals surface area contributed by atoms with Gasteiger partial charge in [0.15, 0.2) is 0 Å². The standard InChI is InChI=1S/C19H29N3O2/c1-13-6-8-17(9-7-13)18(23)12-20-14(2)19-15(3)21-22(16(19)4)10-11-24-5/h6-9,14,18,20,23H,10-12H2,1-5H3. The van der Waals surface area contributed by atoms with E-state index in [9.17, 15) is 5.11 Å². The molecule has 24 heavy (non-hydrogen) atoms. The number of benzene rings is 1. The number of aryl methyl sites for hydroxylation is 2. The molecule has 0 spiro atoms. The van der Waals surface area contributed by atoms with Crippen molar-refractivity contribution in [1.82, 2.24) is 15.1 Å². The molecule has 2 aromatic rings. The van der Waals surface area contributed by atoms with E-state index < -0.39 is 6.10 Å². The highest BCUT2D eigenvalue weighted by atomic mass is 16.5. The van der Waals surface area contributed by atoms with E-state index in [0.29, 0.717) is 13.2 Å². The summed E-state index contributed by atoms with van der Waals surface area (Å²) in [4.78, 5) is 0. The van der Waals surface area contributed by atoms with Gasteiger partial charge in [-0.25, -0.2) is 0 Å². The van der Waals surface area contributed by atoms with Crippen LogP contribution in [0.15, 0.2) is 24.3 Å². The van der Waals surface area contributed by atoms with Crippen molar-refractivity contribution in [3.05, 3.63) is 52.3 Å². The van der Waals surface area contributed by atoms with Crippen LogP contribution >= 0.6 is 0 Å². The van der Waals surface area contributed by atoms with Crippen LogP contribution in [0.25, 0.3) is 0 Å². The molecule has 1 aromatic heterocycles. The highest BCUT2D eigenvalue weighted by Gasteiger charge is 2.18. The van der Waals surface area contributed by atoms with E-state index in [1.54, 1.807) is 7.11 Å². The summed E-state index contributed by atoms with van der Waals surface area (Å²) in [6, 6.07) is 8.13. The predicted molar refractivity (Wildman–Crippen MR) is 96.1 cm³/mol. The van der Waals surface area contributed by atoms with Crippen LogP contribution in [0.1, 0.15) is 47.1 Å². The second kappa shape index (κ2) is 8.42. The molecular formula is C19H29N3O2. The van der Waals surface area contributed by atoms with Gasteiger partial charge in [0, 0.05) is 31.0 Å². The van der Waals surface area contributed by atoms with Gasteiger partial charge >= 0.3 is 0 Å². The van der Waals surface area contributed by atoms with E-state index in [1.165, 1.54) is 11.1 Å². The highest BCUT2D eigenvalue weighted by Crippen LogP contribution is 2.22. The number of rotatable bonds is 8. The van der Waals surface area contributed by atoms with Crippen LogP contribution in [0, 0.1) is 20.8 Å². The van der Waals surface area contributed by atoms with Crippen molar-refractivity contribution in [1.29, 1.82) is 0 Å². The minimum atomic E-state index is -0.516. The first-order valence-corrected chi connectivity index (χ1v) is 8.45. The first-order chi connectivity index (χ1) is 11.4. The number of ether oxygens (including phenoxy) is 1. The Morgan fingerprint density at radius 1 is 1.21 bits per heavy atom. The van der Waals surface area contributed by atoms with Gasteiger partial charge in [0.05, 0.1) is 24.9 Å². The maximum absolute atomic E-state index is 10.4. The lowest BCUT2D eigenvalue weighted by Gasteiger charge is -2.18. The summed E-state index contributed by atoms with van der Waals surface area (Å²) in [5, 5.41) is 18.4. The number of aromatic nitrogens is 2. The summed E-state index contributed by atoms with van der Waals surface area (Å²) in [7, 11) is 1.70. The van der Waals surface area contributed by atoms with Crippen molar-refractivity contribution in [2.24, 2.45) is 0 Å². The number of aliphatic hydroxyl groups is 1. The Morgan fingerprint density at radius 2 is 1.88 bits per heavy atom. The van der Waals surface area contributed by atoms with Crippen LogP contribution < -0.4 is 5.32 Å². The molecule has 1 aromatic carbocycles. The normalized spacial score (nSPS) is 13.9. The zero-order chi connectivity index (χ0) is 17.7. The minimum absolute atomic E-state index is 0.126. The molecule has 0 bridgehead atoms. The summed E-state index contributed by atoms with van der Waals surface area (Å²) in [5.41, 5.74) is 5.50.